The molecule has 0 amide bonds. The molecule has 1 heterocycles. The molecule has 0 unspecified atom stereocenters. The van der Waals surface area contributed by atoms with Gasteiger partial charge in [0.25, 0.3) is 0 Å². The third-order valence-electron chi connectivity index (χ3n) is 3.54. The highest BCUT2D eigenvalue weighted by Crippen LogP contribution is 2.23. The van der Waals surface area contributed by atoms with Gasteiger partial charge in [-0.3, -0.25) is 4.98 Å². The highest BCUT2D eigenvalue weighted by molar-refractivity contribution is 5.92. The normalized spacial score (nSPS) is 10.7. The third-order valence-corrected chi connectivity index (χ3v) is 3.54. The molecule has 1 N–H and O–H groups in total. The molecule has 0 fully saturated rings. The van der Waals surface area contributed by atoms with Crippen molar-refractivity contribution in [3.8, 4) is 0 Å². The Morgan fingerprint density at radius 3 is 2.65 bits per heavy atom. The summed E-state index contributed by atoms with van der Waals surface area (Å²) in [5.74, 6) is 0. The average Bonchev–Trinajstić information content (AvgIpc) is 2.49. The lowest BCUT2D eigenvalue weighted by atomic mass is 10.1. The zero-order valence-electron chi connectivity index (χ0n) is 11.6. The molecule has 100 valence electrons. The summed E-state index contributed by atoms with van der Waals surface area (Å²) in [7, 11) is 0. The summed E-state index contributed by atoms with van der Waals surface area (Å²) < 4.78 is 0. The van der Waals surface area contributed by atoms with Crippen molar-refractivity contribution in [1.82, 2.24) is 4.98 Å². The summed E-state index contributed by atoms with van der Waals surface area (Å²) >= 11 is 0. The van der Waals surface area contributed by atoms with Crippen molar-refractivity contribution in [3.05, 3.63) is 71.9 Å². The smallest absolute Gasteiger partial charge is 0.0751 e. The van der Waals surface area contributed by atoms with Crippen LogP contribution in [-0.4, -0.2) is 11.5 Å². The van der Waals surface area contributed by atoms with Gasteiger partial charge < -0.3 is 5.32 Å². The van der Waals surface area contributed by atoms with E-state index in [1.54, 1.807) is 0 Å². The second-order valence-electron chi connectivity index (χ2n) is 4.99. The van der Waals surface area contributed by atoms with E-state index >= 15 is 0 Å². The molecule has 20 heavy (non-hydrogen) atoms. The van der Waals surface area contributed by atoms with Gasteiger partial charge in [-0.25, -0.2) is 0 Å². The predicted molar refractivity (Wildman–Crippen MR) is 85.1 cm³/mol. The number of hydrogen-bond acceptors (Lipinski definition) is 2. The SMILES string of the molecule is Cc1cccc2c(NCCc3ccccc3)ccnc12. The molecular formula is C18H18N2. The zero-order valence-corrected chi connectivity index (χ0v) is 11.6. The standard InChI is InChI=1S/C18H18N2/c1-14-6-5-9-16-17(11-13-20-18(14)16)19-12-10-15-7-3-2-4-8-15/h2-9,11,13H,10,12H2,1H3,(H,19,20). The molecule has 3 rings (SSSR count). The number of anilines is 1. The molecule has 0 bridgehead atoms. The average molecular weight is 262 g/mol. The van der Waals surface area contributed by atoms with Crippen LogP contribution < -0.4 is 5.32 Å². The number of nitrogens with one attached hydrogen (secondary N) is 1. The highest BCUT2D eigenvalue weighted by atomic mass is 14.9. The number of rotatable bonds is 4. The fourth-order valence-corrected chi connectivity index (χ4v) is 2.46. The Morgan fingerprint density at radius 2 is 1.80 bits per heavy atom. The Kier molecular flexibility index (Phi) is 3.64. The number of benzene rings is 2. The summed E-state index contributed by atoms with van der Waals surface area (Å²) in [4.78, 5) is 4.47. The monoisotopic (exact) mass is 262 g/mol. The van der Waals surface area contributed by atoms with Crippen LogP contribution >= 0.6 is 0 Å². The summed E-state index contributed by atoms with van der Waals surface area (Å²) in [5.41, 5.74) is 4.82. The number of hydrogen-bond donors (Lipinski definition) is 1. The molecule has 0 aliphatic carbocycles. The molecule has 0 spiro atoms. The van der Waals surface area contributed by atoms with Crippen LogP contribution in [0.4, 0.5) is 5.69 Å². The molecule has 0 aliphatic heterocycles. The van der Waals surface area contributed by atoms with Crippen molar-refractivity contribution in [2.24, 2.45) is 0 Å². The van der Waals surface area contributed by atoms with Gasteiger partial charge in [-0.1, -0.05) is 48.5 Å². The molecule has 0 aliphatic rings. The van der Waals surface area contributed by atoms with Gasteiger partial charge in [0.15, 0.2) is 0 Å². The Morgan fingerprint density at radius 1 is 0.950 bits per heavy atom. The van der Waals surface area contributed by atoms with E-state index in [0.717, 1.165) is 24.2 Å². The molecular weight excluding hydrogens is 244 g/mol. The molecule has 1 aromatic heterocycles. The molecule has 2 nitrogen and oxygen atoms in total. The second kappa shape index (κ2) is 5.74. The van der Waals surface area contributed by atoms with Crippen molar-refractivity contribution >= 4 is 16.6 Å². The van der Waals surface area contributed by atoms with E-state index in [4.69, 9.17) is 0 Å². The number of aryl methyl sites for hydroxylation is 1. The lowest BCUT2D eigenvalue weighted by Gasteiger charge is -2.10. The summed E-state index contributed by atoms with van der Waals surface area (Å²) in [6.07, 6.45) is 2.90. The van der Waals surface area contributed by atoms with Crippen LogP contribution in [0.5, 0.6) is 0 Å². The molecule has 3 aromatic rings. The van der Waals surface area contributed by atoms with Gasteiger partial charge in [0.2, 0.25) is 0 Å². The minimum atomic E-state index is 0.928. The van der Waals surface area contributed by atoms with Crippen molar-refractivity contribution < 1.29 is 0 Å². The van der Waals surface area contributed by atoms with E-state index in [9.17, 15) is 0 Å². The van der Waals surface area contributed by atoms with Crippen LogP contribution in [0.3, 0.4) is 0 Å². The quantitative estimate of drug-likeness (QED) is 0.762. The first kappa shape index (κ1) is 12.7. The fourth-order valence-electron chi connectivity index (χ4n) is 2.46. The van der Waals surface area contributed by atoms with E-state index in [1.807, 2.05) is 12.3 Å². The number of para-hydroxylation sites is 1. The third kappa shape index (κ3) is 2.64. The molecule has 0 saturated heterocycles. The zero-order chi connectivity index (χ0) is 13.8. The van der Waals surface area contributed by atoms with Gasteiger partial charge >= 0.3 is 0 Å². The van der Waals surface area contributed by atoms with E-state index in [1.165, 1.54) is 16.5 Å². The number of fused-ring (bicyclic) bond motifs is 1. The summed E-state index contributed by atoms with van der Waals surface area (Å²) in [5, 5.41) is 4.72. The first-order valence-electron chi connectivity index (χ1n) is 6.97. The molecule has 2 heteroatoms. The van der Waals surface area contributed by atoms with Crippen LogP contribution in [0.1, 0.15) is 11.1 Å². The van der Waals surface area contributed by atoms with Gasteiger partial charge in [-0.05, 0) is 30.5 Å². The molecule has 0 radical (unpaired) electrons. The summed E-state index contributed by atoms with van der Waals surface area (Å²) in [6.45, 7) is 3.03. The number of nitrogens with zero attached hydrogens (tertiary/aromatic N) is 1. The Labute approximate surface area is 119 Å². The molecule has 0 saturated carbocycles. The van der Waals surface area contributed by atoms with E-state index < -0.39 is 0 Å². The largest absolute Gasteiger partial charge is 0.384 e. The Bertz CT molecular complexity index is 705. The number of pyridine rings is 1. The number of aromatic nitrogens is 1. The van der Waals surface area contributed by atoms with Crippen LogP contribution in [0.25, 0.3) is 10.9 Å². The van der Waals surface area contributed by atoms with E-state index in [2.05, 4.69) is 65.8 Å². The van der Waals surface area contributed by atoms with Gasteiger partial charge in [-0.2, -0.15) is 0 Å². The fraction of sp³-hybridized carbons (Fsp3) is 0.167. The first-order chi connectivity index (χ1) is 9.84. The molecule has 0 atom stereocenters. The second-order valence-corrected chi connectivity index (χ2v) is 4.99. The topological polar surface area (TPSA) is 24.9 Å². The highest BCUT2D eigenvalue weighted by Gasteiger charge is 2.03. The molecule has 2 aromatic carbocycles. The van der Waals surface area contributed by atoms with Crippen LogP contribution in [0.2, 0.25) is 0 Å². The van der Waals surface area contributed by atoms with Gasteiger partial charge in [0.05, 0.1) is 5.52 Å². The maximum absolute atomic E-state index is 4.47. The van der Waals surface area contributed by atoms with Crippen LogP contribution in [0, 0.1) is 6.92 Å². The predicted octanol–water partition coefficient (Wildman–Crippen LogP) is 4.20. The maximum Gasteiger partial charge on any atom is 0.0751 e. The minimum absolute atomic E-state index is 0.928. The Hall–Kier alpha value is -2.35. The van der Waals surface area contributed by atoms with E-state index in [0.29, 0.717) is 0 Å². The van der Waals surface area contributed by atoms with Crippen LogP contribution in [0.15, 0.2) is 60.8 Å². The van der Waals surface area contributed by atoms with Crippen molar-refractivity contribution in [2.45, 2.75) is 13.3 Å². The van der Waals surface area contributed by atoms with Gasteiger partial charge in [0.1, 0.15) is 0 Å². The Balaban J connectivity index is 1.76. The lowest BCUT2D eigenvalue weighted by Crippen LogP contribution is -2.05. The minimum Gasteiger partial charge on any atom is -0.384 e. The summed E-state index contributed by atoms with van der Waals surface area (Å²) in [6, 6.07) is 18.9. The van der Waals surface area contributed by atoms with Crippen molar-refractivity contribution in [2.75, 3.05) is 11.9 Å². The van der Waals surface area contributed by atoms with Crippen molar-refractivity contribution in [1.29, 1.82) is 0 Å². The lowest BCUT2D eigenvalue weighted by molar-refractivity contribution is 1.02. The van der Waals surface area contributed by atoms with Gasteiger partial charge in [0, 0.05) is 23.8 Å². The van der Waals surface area contributed by atoms with Crippen molar-refractivity contribution in [3.63, 3.8) is 0 Å². The first-order valence-corrected chi connectivity index (χ1v) is 6.97. The van der Waals surface area contributed by atoms with Gasteiger partial charge in [-0.15, -0.1) is 0 Å². The van der Waals surface area contributed by atoms with Crippen LogP contribution in [-0.2, 0) is 6.42 Å². The van der Waals surface area contributed by atoms with E-state index in [-0.39, 0.29) is 0 Å². The maximum atomic E-state index is 4.47.